The summed E-state index contributed by atoms with van der Waals surface area (Å²) >= 11 is 6.42. The van der Waals surface area contributed by atoms with Crippen molar-refractivity contribution >= 4 is 34.4 Å². The smallest absolute Gasteiger partial charge is 0.0864 e. The molecule has 29 heavy (non-hydrogen) atoms. The van der Waals surface area contributed by atoms with Gasteiger partial charge in [-0.3, -0.25) is 9.98 Å². The summed E-state index contributed by atoms with van der Waals surface area (Å²) in [7, 11) is 0. The third kappa shape index (κ3) is 4.80. The Morgan fingerprint density at radius 3 is 1.38 bits per heavy atom. The second-order valence-electron chi connectivity index (χ2n) is 7.43. The van der Waals surface area contributed by atoms with Crippen LogP contribution in [0.15, 0.2) is 58.5 Å². The lowest BCUT2D eigenvalue weighted by Crippen LogP contribution is -2.06. The zero-order valence-corrected chi connectivity index (χ0v) is 18.6. The second-order valence-corrected chi connectivity index (χ2v) is 7.87. The first-order valence-electron chi connectivity index (χ1n) is 9.67. The molecule has 0 N–H and O–H groups in total. The Hall–Kier alpha value is -2.78. The average molecular weight is 404 g/mol. The molecule has 0 radical (unpaired) electrons. The predicted octanol–water partition coefficient (Wildman–Crippen LogP) is 7.25. The van der Waals surface area contributed by atoms with E-state index in [1.807, 2.05) is 38.1 Å². The number of aryl methyl sites for hydroxylation is 4. The zero-order valence-electron chi connectivity index (χ0n) is 17.8. The van der Waals surface area contributed by atoms with Crippen LogP contribution < -0.4 is 0 Å². The fourth-order valence-corrected chi connectivity index (χ4v) is 3.49. The van der Waals surface area contributed by atoms with Crippen LogP contribution in [-0.2, 0) is 0 Å². The van der Waals surface area contributed by atoms with E-state index in [1.165, 1.54) is 0 Å². The van der Waals surface area contributed by atoms with Gasteiger partial charge in [0, 0.05) is 5.02 Å². The Bertz CT molecular complexity index is 1000. The SMILES string of the molecule is CC(=Nc1c(C)cccc1C)c1cc(Cl)cc(C(C)=Nc2c(C)cccc2C)n1. The van der Waals surface area contributed by atoms with Crippen molar-refractivity contribution in [3.63, 3.8) is 0 Å². The van der Waals surface area contributed by atoms with E-state index < -0.39 is 0 Å². The maximum atomic E-state index is 6.42. The van der Waals surface area contributed by atoms with Crippen molar-refractivity contribution in [3.8, 4) is 0 Å². The number of pyridine rings is 1. The summed E-state index contributed by atoms with van der Waals surface area (Å²) in [5.74, 6) is 0. The van der Waals surface area contributed by atoms with Gasteiger partial charge in [0.15, 0.2) is 0 Å². The molecule has 0 fully saturated rings. The normalized spacial score (nSPS) is 12.4. The van der Waals surface area contributed by atoms with E-state index >= 15 is 0 Å². The van der Waals surface area contributed by atoms with Gasteiger partial charge in [-0.25, -0.2) is 4.98 Å². The molecule has 0 unspecified atom stereocenters. The molecule has 0 spiro atoms. The maximum absolute atomic E-state index is 6.42. The number of aromatic nitrogens is 1. The summed E-state index contributed by atoms with van der Waals surface area (Å²) in [6, 6.07) is 16.1. The molecular weight excluding hydrogens is 378 g/mol. The number of para-hydroxylation sites is 2. The number of rotatable bonds is 4. The Morgan fingerprint density at radius 1 is 0.690 bits per heavy atom. The summed E-state index contributed by atoms with van der Waals surface area (Å²) in [6.07, 6.45) is 0. The van der Waals surface area contributed by atoms with E-state index in [0.717, 1.165) is 56.4 Å². The molecule has 148 valence electrons. The molecule has 0 aliphatic carbocycles. The fraction of sp³-hybridized carbons (Fsp3) is 0.240. The minimum absolute atomic E-state index is 0.622. The van der Waals surface area contributed by atoms with Crippen LogP contribution in [0.1, 0.15) is 47.5 Å². The van der Waals surface area contributed by atoms with Crippen molar-refractivity contribution in [2.45, 2.75) is 41.5 Å². The summed E-state index contributed by atoms with van der Waals surface area (Å²) in [5.41, 5.74) is 9.68. The summed E-state index contributed by atoms with van der Waals surface area (Å²) in [4.78, 5) is 14.5. The Labute approximate surface area is 178 Å². The number of hydrogen-bond acceptors (Lipinski definition) is 3. The van der Waals surface area contributed by atoms with Gasteiger partial charge in [0.25, 0.3) is 0 Å². The van der Waals surface area contributed by atoms with Crippen LogP contribution in [0.2, 0.25) is 5.02 Å². The zero-order chi connectivity index (χ0) is 21.1. The lowest BCUT2D eigenvalue weighted by molar-refractivity contribution is 1.23. The van der Waals surface area contributed by atoms with Gasteiger partial charge in [-0.1, -0.05) is 48.0 Å². The van der Waals surface area contributed by atoms with Crippen LogP contribution in [-0.4, -0.2) is 16.4 Å². The molecule has 3 rings (SSSR count). The van der Waals surface area contributed by atoms with Gasteiger partial charge in [-0.05, 0) is 75.9 Å². The second kappa shape index (κ2) is 8.71. The number of hydrogen-bond donors (Lipinski definition) is 0. The molecule has 0 amide bonds. The van der Waals surface area contributed by atoms with Crippen molar-refractivity contribution in [2.75, 3.05) is 0 Å². The third-order valence-corrected chi connectivity index (χ3v) is 5.19. The summed E-state index contributed by atoms with van der Waals surface area (Å²) in [6.45, 7) is 12.2. The largest absolute Gasteiger partial charge is 0.251 e. The quantitative estimate of drug-likeness (QED) is 0.422. The Balaban J connectivity index is 2.04. The van der Waals surface area contributed by atoms with Gasteiger partial charge in [0.2, 0.25) is 0 Å². The van der Waals surface area contributed by atoms with E-state index in [9.17, 15) is 0 Å². The number of nitrogens with zero attached hydrogens (tertiary/aromatic N) is 3. The topological polar surface area (TPSA) is 37.6 Å². The first-order valence-corrected chi connectivity index (χ1v) is 10.1. The van der Waals surface area contributed by atoms with Gasteiger partial charge in [0.1, 0.15) is 0 Å². The first-order chi connectivity index (χ1) is 13.8. The highest BCUT2D eigenvalue weighted by Gasteiger charge is 2.10. The Kier molecular flexibility index (Phi) is 6.29. The molecule has 0 aliphatic heterocycles. The van der Waals surface area contributed by atoms with E-state index in [2.05, 4.69) is 52.0 Å². The molecule has 3 aromatic rings. The number of aliphatic imine (C=N–C) groups is 2. The minimum atomic E-state index is 0.622. The highest BCUT2D eigenvalue weighted by molar-refractivity contribution is 6.31. The monoisotopic (exact) mass is 403 g/mol. The van der Waals surface area contributed by atoms with Crippen molar-refractivity contribution in [2.24, 2.45) is 9.98 Å². The van der Waals surface area contributed by atoms with Gasteiger partial charge >= 0.3 is 0 Å². The highest BCUT2D eigenvalue weighted by Crippen LogP contribution is 2.26. The molecule has 0 aliphatic rings. The van der Waals surface area contributed by atoms with Crippen LogP contribution in [0, 0.1) is 27.7 Å². The van der Waals surface area contributed by atoms with E-state index in [0.29, 0.717) is 5.02 Å². The van der Waals surface area contributed by atoms with Crippen molar-refractivity contribution in [1.82, 2.24) is 4.98 Å². The molecular formula is C25H26ClN3. The van der Waals surface area contributed by atoms with Gasteiger partial charge in [-0.2, -0.15) is 0 Å². The van der Waals surface area contributed by atoms with Crippen LogP contribution in [0.25, 0.3) is 0 Å². The lowest BCUT2D eigenvalue weighted by atomic mass is 10.1. The van der Waals surface area contributed by atoms with Crippen molar-refractivity contribution in [1.29, 1.82) is 0 Å². The minimum Gasteiger partial charge on any atom is -0.251 e. The molecule has 0 atom stereocenters. The molecule has 2 aromatic carbocycles. The van der Waals surface area contributed by atoms with Crippen molar-refractivity contribution < 1.29 is 0 Å². The molecule has 3 nitrogen and oxygen atoms in total. The van der Waals surface area contributed by atoms with Crippen LogP contribution >= 0.6 is 11.6 Å². The van der Waals surface area contributed by atoms with E-state index in [4.69, 9.17) is 26.6 Å². The summed E-state index contributed by atoms with van der Waals surface area (Å²) < 4.78 is 0. The molecule has 0 saturated carbocycles. The third-order valence-electron chi connectivity index (χ3n) is 4.97. The lowest BCUT2D eigenvalue weighted by Gasteiger charge is -2.10. The van der Waals surface area contributed by atoms with Gasteiger partial charge in [0.05, 0.1) is 34.2 Å². The molecule has 0 saturated heterocycles. The van der Waals surface area contributed by atoms with Crippen LogP contribution in [0.3, 0.4) is 0 Å². The molecule has 4 heteroatoms. The average Bonchev–Trinajstić information content (AvgIpc) is 2.67. The fourth-order valence-electron chi connectivity index (χ4n) is 3.28. The van der Waals surface area contributed by atoms with Crippen molar-refractivity contribution in [3.05, 3.63) is 87.2 Å². The Morgan fingerprint density at radius 2 is 1.03 bits per heavy atom. The van der Waals surface area contributed by atoms with Crippen LogP contribution in [0.5, 0.6) is 0 Å². The van der Waals surface area contributed by atoms with Crippen LogP contribution in [0.4, 0.5) is 11.4 Å². The van der Waals surface area contributed by atoms with E-state index in [-0.39, 0.29) is 0 Å². The first kappa shape index (κ1) is 20.9. The predicted molar refractivity (Wildman–Crippen MR) is 125 cm³/mol. The number of halogens is 1. The van der Waals surface area contributed by atoms with Gasteiger partial charge in [-0.15, -0.1) is 0 Å². The maximum Gasteiger partial charge on any atom is 0.0864 e. The molecule has 1 aromatic heterocycles. The standard InChI is InChI=1S/C25H26ClN3/c1-15-9-7-10-16(2)24(15)27-19(5)22-13-21(26)14-23(29-22)20(6)28-25-17(3)11-8-12-18(25)4/h7-14H,1-6H3. The van der Waals surface area contributed by atoms with Gasteiger partial charge < -0.3 is 0 Å². The number of benzene rings is 2. The molecule has 0 bridgehead atoms. The highest BCUT2D eigenvalue weighted by atomic mass is 35.5. The summed E-state index contributed by atoms with van der Waals surface area (Å²) in [5, 5.41) is 0.622. The van der Waals surface area contributed by atoms with E-state index in [1.54, 1.807) is 0 Å². The molecule has 1 heterocycles.